The fraction of sp³-hybridized carbons (Fsp3) is 1.00. The maximum Gasteiger partial charge on any atom is 0.0707 e. The summed E-state index contributed by atoms with van der Waals surface area (Å²) in [6, 6.07) is 0. The molecule has 0 aromatic rings. The second kappa shape index (κ2) is 5.34. The van der Waals surface area contributed by atoms with Crippen molar-refractivity contribution in [1.82, 2.24) is 5.32 Å². The number of ether oxygens (including phenoxy) is 1. The normalized spacial score (nSPS) is 27.9. The van der Waals surface area contributed by atoms with Crippen molar-refractivity contribution >= 4 is 11.6 Å². The number of hydrogen-bond donors (Lipinski definition) is 1. The van der Waals surface area contributed by atoms with Gasteiger partial charge in [-0.25, -0.2) is 0 Å². The van der Waals surface area contributed by atoms with Gasteiger partial charge in [0.2, 0.25) is 0 Å². The van der Waals surface area contributed by atoms with Gasteiger partial charge in [-0.15, -0.1) is 11.6 Å². The Morgan fingerprint density at radius 3 is 2.79 bits per heavy atom. The van der Waals surface area contributed by atoms with Gasteiger partial charge in [0.15, 0.2) is 0 Å². The molecule has 84 valence electrons. The smallest absolute Gasteiger partial charge is 0.0707 e. The molecule has 2 unspecified atom stereocenters. The van der Waals surface area contributed by atoms with Crippen LogP contribution in [-0.2, 0) is 4.74 Å². The lowest BCUT2D eigenvalue weighted by molar-refractivity contribution is -0.0143. The molecule has 1 N–H and O–H groups in total. The van der Waals surface area contributed by atoms with Crippen molar-refractivity contribution in [2.24, 2.45) is 5.92 Å². The lowest BCUT2D eigenvalue weighted by Crippen LogP contribution is -2.32. The molecule has 1 heterocycles. The summed E-state index contributed by atoms with van der Waals surface area (Å²) in [4.78, 5) is 0. The maximum absolute atomic E-state index is 5.87. The number of hydrogen-bond acceptors (Lipinski definition) is 2. The zero-order chi connectivity index (χ0) is 10.6. The summed E-state index contributed by atoms with van der Waals surface area (Å²) in [5, 5.41) is 3.41. The summed E-state index contributed by atoms with van der Waals surface area (Å²) in [5.74, 6) is 1.27. The first-order valence-corrected chi connectivity index (χ1v) is 6.01. The third-order valence-electron chi connectivity index (χ3n) is 2.68. The van der Waals surface area contributed by atoms with Crippen LogP contribution in [0.15, 0.2) is 0 Å². The quantitative estimate of drug-likeness (QED) is 0.718. The molecule has 14 heavy (non-hydrogen) atoms. The van der Waals surface area contributed by atoms with Crippen LogP contribution >= 0.6 is 11.6 Å². The first-order valence-electron chi connectivity index (χ1n) is 5.48. The minimum absolute atomic E-state index is 0.0877. The molecule has 2 nitrogen and oxygen atoms in total. The van der Waals surface area contributed by atoms with Crippen molar-refractivity contribution in [2.45, 2.75) is 45.3 Å². The molecule has 0 saturated carbocycles. The maximum atomic E-state index is 5.87. The van der Waals surface area contributed by atoms with Crippen molar-refractivity contribution in [2.75, 3.05) is 19.0 Å². The number of nitrogens with one attached hydrogen (secondary N) is 1. The highest BCUT2D eigenvalue weighted by Gasteiger charge is 2.31. The zero-order valence-electron chi connectivity index (χ0n) is 9.48. The molecule has 0 aliphatic carbocycles. The van der Waals surface area contributed by atoms with Crippen molar-refractivity contribution in [1.29, 1.82) is 0 Å². The predicted octanol–water partition coefficient (Wildman–Crippen LogP) is 2.41. The third-order valence-corrected chi connectivity index (χ3v) is 3.21. The van der Waals surface area contributed by atoms with Crippen molar-refractivity contribution in [3.05, 3.63) is 0 Å². The zero-order valence-corrected chi connectivity index (χ0v) is 10.2. The fourth-order valence-electron chi connectivity index (χ4n) is 1.77. The Bertz CT molecular complexity index is 173. The van der Waals surface area contributed by atoms with E-state index in [9.17, 15) is 0 Å². The molecular weight excluding hydrogens is 198 g/mol. The van der Waals surface area contributed by atoms with E-state index in [1.54, 1.807) is 0 Å². The van der Waals surface area contributed by atoms with Crippen molar-refractivity contribution < 1.29 is 4.74 Å². The Balaban J connectivity index is 2.09. The van der Waals surface area contributed by atoms with Crippen LogP contribution < -0.4 is 5.32 Å². The molecular formula is C11H22ClNO. The van der Waals surface area contributed by atoms with E-state index >= 15 is 0 Å². The fourth-order valence-corrected chi connectivity index (χ4v) is 1.88. The molecule has 0 spiro atoms. The van der Waals surface area contributed by atoms with Crippen LogP contribution in [0.5, 0.6) is 0 Å². The van der Waals surface area contributed by atoms with Gasteiger partial charge in [0, 0.05) is 12.4 Å². The molecule has 1 aliphatic rings. The Hall–Kier alpha value is 0.210. The van der Waals surface area contributed by atoms with Gasteiger partial charge in [0.1, 0.15) is 0 Å². The molecule has 1 saturated heterocycles. The Morgan fingerprint density at radius 2 is 2.29 bits per heavy atom. The third kappa shape index (κ3) is 4.16. The number of alkyl halides is 1. The van der Waals surface area contributed by atoms with Crippen LogP contribution in [0.25, 0.3) is 0 Å². The highest BCUT2D eigenvalue weighted by Crippen LogP contribution is 2.28. The highest BCUT2D eigenvalue weighted by atomic mass is 35.5. The summed E-state index contributed by atoms with van der Waals surface area (Å²) in [6.45, 7) is 8.43. The van der Waals surface area contributed by atoms with Gasteiger partial charge in [-0.05, 0) is 39.2 Å². The van der Waals surface area contributed by atoms with Gasteiger partial charge in [-0.2, -0.15) is 0 Å². The predicted molar refractivity (Wildman–Crippen MR) is 60.9 cm³/mol. The molecule has 0 aromatic carbocycles. The van der Waals surface area contributed by atoms with Crippen LogP contribution in [0, 0.1) is 5.92 Å². The van der Waals surface area contributed by atoms with Gasteiger partial charge in [0.25, 0.3) is 0 Å². The second-order valence-electron chi connectivity index (χ2n) is 4.96. The van der Waals surface area contributed by atoms with Gasteiger partial charge >= 0.3 is 0 Å². The van der Waals surface area contributed by atoms with E-state index < -0.39 is 0 Å². The summed E-state index contributed by atoms with van der Waals surface area (Å²) in [6.07, 6.45) is 2.74. The van der Waals surface area contributed by atoms with E-state index in [0.717, 1.165) is 19.0 Å². The Kier molecular flexibility index (Phi) is 4.68. The van der Waals surface area contributed by atoms with Gasteiger partial charge in [0.05, 0.1) is 11.7 Å². The van der Waals surface area contributed by atoms with E-state index in [0.29, 0.717) is 12.0 Å². The average Bonchev–Trinajstić information content (AvgIpc) is 2.45. The molecule has 0 bridgehead atoms. The summed E-state index contributed by atoms with van der Waals surface area (Å²) in [7, 11) is 0. The van der Waals surface area contributed by atoms with Crippen LogP contribution in [0.4, 0.5) is 0 Å². The lowest BCUT2D eigenvalue weighted by atomic mass is 10.1. The standard InChI is InChI=1S/C11H22ClNO/c1-9(6-12)7-13-8-10-4-5-11(2,3)14-10/h9-10,13H,4-8H2,1-3H3. The Morgan fingerprint density at radius 1 is 1.57 bits per heavy atom. The Labute approximate surface area is 92.3 Å². The molecule has 0 radical (unpaired) electrons. The van der Waals surface area contributed by atoms with Crippen LogP contribution in [0.2, 0.25) is 0 Å². The molecule has 1 rings (SSSR count). The SMILES string of the molecule is CC(CCl)CNCC1CCC(C)(C)O1. The van der Waals surface area contributed by atoms with Gasteiger partial charge in [-0.3, -0.25) is 0 Å². The lowest BCUT2D eigenvalue weighted by Gasteiger charge is -2.20. The minimum Gasteiger partial charge on any atom is -0.371 e. The topological polar surface area (TPSA) is 21.3 Å². The highest BCUT2D eigenvalue weighted by molar-refractivity contribution is 6.18. The molecule has 0 amide bonds. The van der Waals surface area contributed by atoms with Gasteiger partial charge in [-0.1, -0.05) is 6.92 Å². The van der Waals surface area contributed by atoms with Crippen molar-refractivity contribution in [3.8, 4) is 0 Å². The number of rotatable bonds is 5. The van der Waals surface area contributed by atoms with E-state index in [-0.39, 0.29) is 5.60 Å². The largest absolute Gasteiger partial charge is 0.371 e. The van der Waals surface area contributed by atoms with Crippen molar-refractivity contribution in [3.63, 3.8) is 0 Å². The molecule has 1 aliphatic heterocycles. The van der Waals surface area contributed by atoms with E-state index in [1.807, 2.05) is 0 Å². The summed E-state index contributed by atoms with van der Waals surface area (Å²) >= 11 is 5.72. The molecule has 2 atom stereocenters. The summed E-state index contributed by atoms with van der Waals surface area (Å²) in [5.41, 5.74) is 0.0877. The van der Waals surface area contributed by atoms with E-state index in [4.69, 9.17) is 16.3 Å². The van der Waals surface area contributed by atoms with E-state index in [1.165, 1.54) is 12.8 Å². The average molecular weight is 220 g/mol. The second-order valence-corrected chi connectivity index (χ2v) is 5.26. The molecule has 1 fully saturated rings. The summed E-state index contributed by atoms with van der Waals surface area (Å²) < 4.78 is 5.87. The van der Waals surface area contributed by atoms with E-state index in [2.05, 4.69) is 26.1 Å². The first kappa shape index (κ1) is 12.3. The number of halogens is 1. The van der Waals surface area contributed by atoms with Gasteiger partial charge < -0.3 is 10.1 Å². The molecule has 3 heteroatoms. The first-order chi connectivity index (χ1) is 6.53. The monoisotopic (exact) mass is 219 g/mol. The van der Waals surface area contributed by atoms with Crippen LogP contribution in [0.1, 0.15) is 33.6 Å². The van der Waals surface area contributed by atoms with Crippen LogP contribution in [0.3, 0.4) is 0 Å². The molecule has 0 aromatic heterocycles. The minimum atomic E-state index is 0.0877. The van der Waals surface area contributed by atoms with Crippen LogP contribution in [-0.4, -0.2) is 30.7 Å².